The maximum absolute atomic E-state index is 6.44. The van der Waals surface area contributed by atoms with Crippen molar-refractivity contribution in [3.05, 3.63) is 0 Å². The normalized spacial score (nSPS) is 30.0. The standard InChI is InChI=1S/C19H38B2O4/c1-15(2,3)20-24-18(8,9)19(10,25-20)12-11-17(6,7)21-22-13-16(4,5)14-23-21/h11-14H2,1-10H3. The van der Waals surface area contributed by atoms with Crippen LogP contribution in [0.4, 0.5) is 0 Å². The molecule has 0 N–H and O–H groups in total. The fourth-order valence-electron chi connectivity index (χ4n) is 3.33. The van der Waals surface area contributed by atoms with Crippen molar-refractivity contribution >= 4 is 14.2 Å². The molecule has 144 valence electrons. The molecule has 0 spiro atoms. The molecule has 4 nitrogen and oxygen atoms in total. The smallest absolute Gasteiger partial charge is 0.410 e. The molecule has 2 rings (SSSR count). The topological polar surface area (TPSA) is 36.9 Å². The highest BCUT2D eigenvalue weighted by atomic mass is 16.7. The van der Waals surface area contributed by atoms with Crippen LogP contribution in [0.2, 0.25) is 10.6 Å². The van der Waals surface area contributed by atoms with Crippen molar-refractivity contribution in [3.63, 3.8) is 0 Å². The third-order valence-corrected chi connectivity index (χ3v) is 5.88. The minimum Gasteiger partial charge on any atom is -0.410 e. The van der Waals surface area contributed by atoms with Gasteiger partial charge in [-0.05, 0) is 38.9 Å². The Kier molecular flexibility index (Phi) is 5.57. The van der Waals surface area contributed by atoms with Crippen molar-refractivity contribution in [2.45, 2.75) is 104 Å². The van der Waals surface area contributed by atoms with Gasteiger partial charge in [0.1, 0.15) is 0 Å². The Morgan fingerprint density at radius 1 is 0.800 bits per heavy atom. The first-order valence-corrected chi connectivity index (χ1v) is 9.67. The fourth-order valence-corrected chi connectivity index (χ4v) is 3.33. The van der Waals surface area contributed by atoms with Crippen LogP contribution in [0.25, 0.3) is 0 Å². The largest absolute Gasteiger partial charge is 0.463 e. The second kappa shape index (κ2) is 6.54. The third kappa shape index (κ3) is 4.63. The van der Waals surface area contributed by atoms with E-state index in [1.165, 1.54) is 0 Å². The van der Waals surface area contributed by atoms with Crippen LogP contribution in [-0.2, 0) is 18.6 Å². The summed E-state index contributed by atoms with van der Waals surface area (Å²) in [5, 5.41) is -0.107. The van der Waals surface area contributed by atoms with Crippen molar-refractivity contribution in [1.29, 1.82) is 0 Å². The van der Waals surface area contributed by atoms with Crippen LogP contribution >= 0.6 is 0 Å². The lowest BCUT2D eigenvalue weighted by Crippen LogP contribution is -2.48. The first-order valence-electron chi connectivity index (χ1n) is 9.67. The average molecular weight is 352 g/mol. The van der Waals surface area contributed by atoms with Gasteiger partial charge in [-0.25, -0.2) is 0 Å². The quantitative estimate of drug-likeness (QED) is 0.669. The SMILES string of the molecule is CC1(C)COB(C(C)(C)CCC2(C)OB(C(C)(C)C)OC2(C)C)OC1. The number of hydrogen-bond acceptors (Lipinski definition) is 4. The van der Waals surface area contributed by atoms with Gasteiger partial charge in [0.15, 0.2) is 0 Å². The molecular formula is C19H38B2O4. The van der Waals surface area contributed by atoms with Gasteiger partial charge < -0.3 is 18.6 Å². The number of hydrogen-bond donors (Lipinski definition) is 0. The van der Waals surface area contributed by atoms with Crippen LogP contribution in [0.5, 0.6) is 0 Å². The molecule has 2 aliphatic heterocycles. The molecule has 2 aliphatic rings. The van der Waals surface area contributed by atoms with Crippen LogP contribution in [0.1, 0.15) is 82.1 Å². The zero-order valence-corrected chi connectivity index (χ0v) is 18.1. The van der Waals surface area contributed by atoms with Crippen molar-refractivity contribution in [2.24, 2.45) is 5.41 Å². The van der Waals surface area contributed by atoms with Gasteiger partial charge in [-0.2, -0.15) is 0 Å². The molecule has 1 unspecified atom stereocenters. The highest BCUT2D eigenvalue weighted by molar-refractivity contribution is 6.49. The van der Waals surface area contributed by atoms with Crippen molar-refractivity contribution in [2.75, 3.05) is 13.2 Å². The van der Waals surface area contributed by atoms with E-state index in [1.54, 1.807) is 0 Å². The molecule has 0 bridgehead atoms. The zero-order valence-electron chi connectivity index (χ0n) is 18.1. The molecule has 6 heteroatoms. The van der Waals surface area contributed by atoms with Crippen LogP contribution in [0, 0.1) is 5.41 Å². The van der Waals surface area contributed by atoms with Gasteiger partial charge in [-0.3, -0.25) is 0 Å². The van der Waals surface area contributed by atoms with Crippen LogP contribution in [0.15, 0.2) is 0 Å². The van der Waals surface area contributed by atoms with E-state index in [1.807, 2.05) is 0 Å². The van der Waals surface area contributed by atoms with Crippen molar-refractivity contribution < 1.29 is 18.6 Å². The highest BCUT2D eigenvalue weighted by Crippen LogP contribution is 2.49. The summed E-state index contributed by atoms with van der Waals surface area (Å²) >= 11 is 0. The van der Waals surface area contributed by atoms with Gasteiger partial charge in [0, 0.05) is 23.9 Å². The van der Waals surface area contributed by atoms with Gasteiger partial charge in [0.05, 0.1) is 11.2 Å². The van der Waals surface area contributed by atoms with Gasteiger partial charge in [0.25, 0.3) is 0 Å². The molecule has 0 aromatic carbocycles. The van der Waals surface area contributed by atoms with Crippen molar-refractivity contribution in [3.8, 4) is 0 Å². The maximum Gasteiger partial charge on any atom is 0.463 e. The van der Waals surface area contributed by atoms with Crippen LogP contribution < -0.4 is 0 Å². The maximum atomic E-state index is 6.44. The average Bonchev–Trinajstić information content (AvgIpc) is 2.67. The lowest BCUT2D eigenvalue weighted by atomic mass is 9.55. The summed E-state index contributed by atoms with van der Waals surface area (Å²) in [5.74, 6) is 0. The summed E-state index contributed by atoms with van der Waals surface area (Å²) in [5.41, 5.74) is -0.545. The monoisotopic (exact) mass is 352 g/mol. The minimum atomic E-state index is -0.323. The molecule has 0 aliphatic carbocycles. The molecule has 2 fully saturated rings. The molecule has 0 radical (unpaired) electrons. The number of rotatable bonds is 4. The first-order chi connectivity index (χ1) is 11.1. The third-order valence-electron chi connectivity index (χ3n) is 5.88. The molecule has 2 saturated heterocycles. The highest BCUT2D eigenvalue weighted by Gasteiger charge is 2.58. The first kappa shape index (κ1) is 21.3. The Balaban J connectivity index is 2.01. The summed E-state index contributed by atoms with van der Waals surface area (Å²) in [7, 11) is -0.341. The van der Waals surface area contributed by atoms with Gasteiger partial charge in [0.2, 0.25) is 0 Å². The molecule has 0 saturated carbocycles. The van der Waals surface area contributed by atoms with Gasteiger partial charge >= 0.3 is 14.2 Å². The van der Waals surface area contributed by atoms with E-state index in [2.05, 4.69) is 69.2 Å². The van der Waals surface area contributed by atoms with E-state index in [4.69, 9.17) is 18.6 Å². The zero-order chi connectivity index (χ0) is 19.3. The van der Waals surface area contributed by atoms with Crippen LogP contribution in [-0.4, -0.2) is 38.7 Å². The summed E-state index contributed by atoms with van der Waals surface area (Å²) in [6.07, 6.45) is 1.87. The van der Waals surface area contributed by atoms with E-state index in [-0.39, 0.29) is 41.5 Å². The fraction of sp³-hybridized carbons (Fsp3) is 1.00. The Labute approximate surface area is 156 Å². The Morgan fingerprint density at radius 3 is 1.76 bits per heavy atom. The summed E-state index contributed by atoms with van der Waals surface area (Å²) in [4.78, 5) is 0. The minimum absolute atomic E-state index is 0.0360. The van der Waals surface area contributed by atoms with E-state index < -0.39 is 0 Å². The van der Waals surface area contributed by atoms with E-state index in [9.17, 15) is 0 Å². The Bertz CT molecular complexity index is 474. The van der Waals surface area contributed by atoms with Crippen LogP contribution in [0.3, 0.4) is 0 Å². The second-order valence-corrected chi connectivity index (χ2v) is 11.3. The summed E-state index contributed by atoms with van der Waals surface area (Å²) < 4.78 is 24.8. The Morgan fingerprint density at radius 2 is 1.32 bits per heavy atom. The Hall–Kier alpha value is -0.0301. The lowest BCUT2D eigenvalue weighted by Gasteiger charge is -2.42. The molecule has 1 atom stereocenters. The van der Waals surface area contributed by atoms with E-state index >= 15 is 0 Å². The second-order valence-electron chi connectivity index (χ2n) is 11.3. The molecule has 0 aromatic heterocycles. The predicted molar refractivity (Wildman–Crippen MR) is 105 cm³/mol. The van der Waals surface area contributed by atoms with Gasteiger partial charge in [-0.15, -0.1) is 0 Å². The van der Waals surface area contributed by atoms with Crippen molar-refractivity contribution in [1.82, 2.24) is 0 Å². The predicted octanol–water partition coefficient (Wildman–Crippen LogP) is 4.98. The molecular weight excluding hydrogens is 314 g/mol. The summed E-state index contributed by atoms with van der Waals surface area (Å²) in [6, 6.07) is 0. The van der Waals surface area contributed by atoms with E-state index in [0.29, 0.717) is 0 Å². The summed E-state index contributed by atoms with van der Waals surface area (Å²) in [6.45, 7) is 23.2. The van der Waals surface area contributed by atoms with E-state index in [0.717, 1.165) is 26.1 Å². The molecule has 25 heavy (non-hydrogen) atoms. The molecule has 0 amide bonds. The molecule has 2 heterocycles. The van der Waals surface area contributed by atoms with Gasteiger partial charge in [-0.1, -0.05) is 48.5 Å². The lowest BCUT2D eigenvalue weighted by molar-refractivity contribution is -0.0222. The molecule has 0 aromatic rings.